The van der Waals surface area contributed by atoms with E-state index in [1.807, 2.05) is 24.5 Å². The fourth-order valence-electron chi connectivity index (χ4n) is 4.76. The Balaban J connectivity index is 1.39. The highest BCUT2D eigenvalue weighted by Gasteiger charge is 2.17. The number of rotatable bonds is 9. The molecule has 0 aliphatic carbocycles. The molecule has 0 unspecified atom stereocenters. The lowest BCUT2D eigenvalue weighted by molar-refractivity contribution is 0.586. The Morgan fingerprint density at radius 1 is 0.878 bits per heavy atom. The molecule has 0 saturated heterocycles. The van der Waals surface area contributed by atoms with Gasteiger partial charge in [0.1, 0.15) is 11.5 Å². The van der Waals surface area contributed by atoms with Crippen molar-refractivity contribution in [1.29, 1.82) is 0 Å². The van der Waals surface area contributed by atoms with Crippen LogP contribution in [0.15, 0.2) is 67.3 Å². The van der Waals surface area contributed by atoms with Crippen molar-refractivity contribution in [2.45, 2.75) is 20.0 Å². The molecular weight excluding hydrogens is 543 g/mol. The molecule has 0 bridgehead atoms. The molecule has 12 heteroatoms. The van der Waals surface area contributed by atoms with E-state index in [9.17, 15) is 12.8 Å². The molecule has 2 aromatic carbocycles. The lowest BCUT2D eigenvalue weighted by Crippen LogP contribution is -2.21. The van der Waals surface area contributed by atoms with Gasteiger partial charge in [-0.25, -0.2) is 22.5 Å². The Morgan fingerprint density at radius 3 is 2.54 bits per heavy atom. The zero-order chi connectivity index (χ0) is 28.6. The summed E-state index contributed by atoms with van der Waals surface area (Å²) in [7, 11) is -3.43. The lowest BCUT2D eigenvalue weighted by Gasteiger charge is -2.07. The van der Waals surface area contributed by atoms with Crippen LogP contribution in [0, 0.1) is 5.82 Å². The molecule has 4 N–H and O–H groups in total. The fraction of sp³-hybridized carbons (Fsp3) is 0.172. The van der Waals surface area contributed by atoms with Crippen LogP contribution >= 0.6 is 0 Å². The number of imidazole rings is 1. The van der Waals surface area contributed by atoms with E-state index in [1.54, 1.807) is 18.5 Å². The number of pyridine rings is 2. The molecule has 41 heavy (non-hydrogen) atoms. The summed E-state index contributed by atoms with van der Waals surface area (Å²) < 4.78 is 40.0. The zero-order valence-corrected chi connectivity index (χ0v) is 23.2. The number of nitrogens with zero attached hydrogens (tertiary/aromatic N) is 4. The molecule has 0 amide bonds. The van der Waals surface area contributed by atoms with Gasteiger partial charge in [-0.2, -0.15) is 5.10 Å². The standard InChI is InChI=1S/C29H27FN8O2S/c1-3-31-11-18-7-21(14-32-12-18)19-4-5-25-23(10-19)28(38-37-25)29-35-26-16-33-15-24(27(26)36-29)20-6-17(8-22(30)9-20)13-34-41(2,39)40/h4-10,12,14-16,31,34H,3,11,13H2,1-2H3,(H,35,36)(H,37,38). The average molecular weight is 571 g/mol. The number of fused-ring (bicyclic) bond motifs is 2. The zero-order valence-electron chi connectivity index (χ0n) is 22.4. The first kappa shape index (κ1) is 26.7. The third-order valence-electron chi connectivity index (χ3n) is 6.70. The normalized spacial score (nSPS) is 12.0. The number of sulfonamides is 1. The van der Waals surface area contributed by atoms with Gasteiger partial charge < -0.3 is 10.3 Å². The molecule has 0 fully saturated rings. The highest BCUT2D eigenvalue weighted by molar-refractivity contribution is 7.88. The molecule has 4 heterocycles. The molecule has 0 radical (unpaired) electrons. The Morgan fingerprint density at radius 2 is 1.71 bits per heavy atom. The van der Waals surface area contributed by atoms with Crippen molar-refractivity contribution in [3.8, 4) is 33.8 Å². The maximum atomic E-state index is 14.6. The molecule has 4 aromatic heterocycles. The van der Waals surface area contributed by atoms with Crippen molar-refractivity contribution in [3.05, 3.63) is 84.2 Å². The van der Waals surface area contributed by atoms with Crippen molar-refractivity contribution in [1.82, 2.24) is 40.2 Å². The Kier molecular flexibility index (Phi) is 7.03. The van der Waals surface area contributed by atoms with Crippen molar-refractivity contribution in [3.63, 3.8) is 0 Å². The summed E-state index contributed by atoms with van der Waals surface area (Å²) in [4.78, 5) is 16.9. The van der Waals surface area contributed by atoms with E-state index < -0.39 is 15.8 Å². The third-order valence-corrected chi connectivity index (χ3v) is 7.36. The number of H-pyrrole nitrogens is 2. The second-order valence-electron chi connectivity index (χ2n) is 9.80. The highest BCUT2D eigenvalue weighted by Crippen LogP contribution is 2.33. The third kappa shape index (κ3) is 5.71. The maximum Gasteiger partial charge on any atom is 0.209 e. The second-order valence-corrected chi connectivity index (χ2v) is 11.6. The van der Waals surface area contributed by atoms with Crippen LogP contribution < -0.4 is 10.0 Å². The number of aromatic amines is 2. The number of benzene rings is 2. The van der Waals surface area contributed by atoms with Gasteiger partial charge in [0.25, 0.3) is 0 Å². The van der Waals surface area contributed by atoms with Gasteiger partial charge >= 0.3 is 0 Å². The number of halogens is 1. The SMILES string of the molecule is CCNCc1cncc(-c2ccc3[nH]nc(-c4nc5c(-c6cc(F)cc(CNS(C)(=O)=O)c6)cncc5[nH]4)c3c2)c1. The first-order valence-corrected chi connectivity index (χ1v) is 14.9. The summed E-state index contributed by atoms with van der Waals surface area (Å²) in [6, 6.07) is 12.6. The Hall–Kier alpha value is -4.52. The molecule has 0 atom stereocenters. The second kappa shape index (κ2) is 10.8. The van der Waals surface area contributed by atoms with Crippen molar-refractivity contribution in [2.24, 2.45) is 0 Å². The molecule has 0 spiro atoms. The van der Waals surface area contributed by atoms with E-state index in [1.165, 1.54) is 12.1 Å². The highest BCUT2D eigenvalue weighted by atomic mass is 32.2. The molecule has 6 aromatic rings. The minimum absolute atomic E-state index is 0.0338. The van der Waals surface area contributed by atoms with E-state index in [4.69, 9.17) is 4.98 Å². The van der Waals surface area contributed by atoms with Gasteiger partial charge in [-0.05, 0) is 65.2 Å². The van der Waals surface area contributed by atoms with E-state index in [-0.39, 0.29) is 6.54 Å². The molecule has 0 aliphatic rings. The summed E-state index contributed by atoms with van der Waals surface area (Å²) in [6.07, 6.45) is 8.03. The number of hydrogen-bond donors (Lipinski definition) is 4. The van der Waals surface area contributed by atoms with Gasteiger partial charge in [0.15, 0.2) is 5.82 Å². The number of aromatic nitrogens is 6. The molecular formula is C29H27FN8O2S. The smallest absolute Gasteiger partial charge is 0.209 e. The minimum Gasteiger partial charge on any atom is -0.335 e. The summed E-state index contributed by atoms with van der Waals surface area (Å²) >= 11 is 0. The number of hydrogen-bond acceptors (Lipinski definition) is 7. The molecule has 208 valence electrons. The Labute approximate surface area is 235 Å². The van der Waals surface area contributed by atoms with Crippen molar-refractivity contribution in [2.75, 3.05) is 12.8 Å². The first-order valence-electron chi connectivity index (χ1n) is 13.0. The minimum atomic E-state index is -3.43. The van der Waals surface area contributed by atoms with Crippen LogP contribution in [0.25, 0.3) is 55.7 Å². The fourth-order valence-corrected chi connectivity index (χ4v) is 5.19. The van der Waals surface area contributed by atoms with Crippen LogP contribution in [0.4, 0.5) is 4.39 Å². The van der Waals surface area contributed by atoms with Crippen LogP contribution in [-0.2, 0) is 23.1 Å². The van der Waals surface area contributed by atoms with E-state index in [0.717, 1.165) is 46.9 Å². The average Bonchev–Trinajstić information content (AvgIpc) is 3.58. The van der Waals surface area contributed by atoms with E-state index in [0.29, 0.717) is 39.2 Å². The van der Waals surface area contributed by atoms with Gasteiger partial charge in [-0.15, -0.1) is 0 Å². The van der Waals surface area contributed by atoms with Crippen molar-refractivity contribution < 1.29 is 12.8 Å². The predicted octanol–water partition coefficient (Wildman–Crippen LogP) is 4.53. The van der Waals surface area contributed by atoms with Gasteiger partial charge in [0.2, 0.25) is 10.0 Å². The van der Waals surface area contributed by atoms with Crippen LogP contribution in [0.3, 0.4) is 0 Å². The molecule has 10 nitrogen and oxygen atoms in total. The van der Waals surface area contributed by atoms with E-state index >= 15 is 0 Å². The van der Waals surface area contributed by atoms with Crippen LogP contribution in [0.2, 0.25) is 0 Å². The number of nitrogens with one attached hydrogen (secondary N) is 4. The van der Waals surface area contributed by atoms with Gasteiger partial charge in [0, 0.05) is 48.2 Å². The van der Waals surface area contributed by atoms with E-state index in [2.05, 4.69) is 54.2 Å². The van der Waals surface area contributed by atoms with Crippen LogP contribution in [0.5, 0.6) is 0 Å². The lowest BCUT2D eigenvalue weighted by atomic mass is 10.0. The summed E-state index contributed by atoms with van der Waals surface area (Å²) in [5, 5.41) is 11.8. The van der Waals surface area contributed by atoms with Gasteiger partial charge in [0.05, 0.1) is 29.0 Å². The van der Waals surface area contributed by atoms with Gasteiger partial charge in [-0.3, -0.25) is 15.1 Å². The van der Waals surface area contributed by atoms with Crippen LogP contribution in [0.1, 0.15) is 18.1 Å². The summed E-state index contributed by atoms with van der Waals surface area (Å²) in [5.74, 6) is 0.0439. The molecule has 6 rings (SSSR count). The molecule has 0 saturated carbocycles. The van der Waals surface area contributed by atoms with Crippen LogP contribution in [-0.4, -0.2) is 51.4 Å². The quantitative estimate of drug-likeness (QED) is 0.200. The molecule has 0 aliphatic heterocycles. The summed E-state index contributed by atoms with van der Waals surface area (Å²) in [5.41, 5.74) is 7.46. The van der Waals surface area contributed by atoms with Crippen molar-refractivity contribution >= 4 is 32.0 Å². The Bertz CT molecular complexity index is 2000. The predicted molar refractivity (Wildman–Crippen MR) is 157 cm³/mol. The maximum absolute atomic E-state index is 14.6. The largest absolute Gasteiger partial charge is 0.335 e. The van der Waals surface area contributed by atoms with Gasteiger partial charge in [-0.1, -0.05) is 13.0 Å². The summed E-state index contributed by atoms with van der Waals surface area (Å²) in [6.45, 7) is 3.66. The topological polar surface area (TPSA) is 141 Å². The monoisotopic (exact) mass is 570 g/mol. The first-order chi connectivity index (χ1) is 19.8.